The van der Waals surface area contributed by atoms with Crippen molar-refractivity contribution >= 4 is 5.69 Å². The molecule has 2 aromatic carbocycles. The Morgan fingerprint density at radius 1 is 1.14 bits per heavy atom. The average Bonchev–Trinajstić information content (AvgIpc) is 3.17. The molecular formula is C22H27NO5. The summed E-state index contributed by atoms with van der Waals surface area (Å²) in [6.07, 6.45) is 2.72. The minimum Gasteiger partial charge on any atom is -0.507 e. The number of aliphatic hydroxyl groups is 2. The molecule has 1 saturated heterocycles. The van der Waals surface area contributed by atoms with Crippen molar-refractivity contribution in [3.63, 3.8) is 0 Å². The molecule has 0 spiro atoms. The van der Waals surface area contributed by atoms with Gasteiger partial charge in [-0.1, -0.05) is 19.4 Å². The number of benzene rings is 2. The third-order valence-corrected chi connectivity index (χ3v) is 5.88. The molecule has 2 atom stereocenters. The quantitative estimate of drug-likeness (QED) is 0.611. The zero-order chi connectivity index (χ0) is 19.9. The zero-order valence-corrected chi connectivity index (χ0v) is 16.1. The summed E-state index contributed by atoms with van der Waals surface area (Å²) in [5.41, 5.74) is 2.40. The van der Waals surface area contributed by atoms with E-state index >= 15 is 0 Å². The van der Waals surface area contributed by atoms with E-state index in [0.717, 1.165) is 41.6 Å². The SMILES string of the molecule is CCCCc1cc(O)c(CN2c3ccc(CO)cc3[C@]3(O)CCOC23)c(O)c1. The van der Waals surface area contributed by atoms with Gasteiger partial charge in [0.15, 0.2) is 6.23 Å². The number of aromatic hydroxyl groups is 2. The number of aryl methyl sites for hydroxylation is 1. The number of phenolic OH excluding ortho intramolecular Hbond substituents is 2. The first-order chi connectivity index (χ1) is 13.5. The molecule has 0 saturated carbocycles. The lowest BCUT2D eigenvalue weighted by Gasteiger charge is -2.29. The van der Waals surface area contributed by atoms with Gasteiger partial charge < -0.3 is 30.1 Å². The lowest BCUT2D eigenvalue weighted by Crippen LogP contribution is -2.41. The van der Waals surface area contributed by atoms with Crippen LogP contribution in [0.5, 0.6) is 11.5 Å². The van der Waals surface area contributed by atoms with Crippen molar-refractivity contribution in [3.8, 4) is 11.5 Å². The van der Waals surface area contributed by atoms with Gasteiger partial charge in [-0.2, -0.15) is 0 Å². The number of ether oxygens (including phenoxy) is 1. The van der Waals surface area contributed by atoms with Crippen molar-refractivity contribution in [1.82, 2.24) is 0 Å². The second-order valence-electron chi connectivity index (χ2n) is 7.75. The van der Waals surface area contributed by atoms with E-state index in [9.17, 15) is 20.4 Å². The van der Waals surface area contributed by atoms with Gasteiger partial charge in [-0.15, -0.1) is 0 Å². The van der Waals surface area contributed by atoms with Crippen LogP contribution in [-0.2, 0) is 29.9 Å². The molecule has 0 radical (unpaired) electrons. The number of anilines is 1. The molecule has 2 aliphatic rings. The molecule has 2 heterocycles. The predicted molar refractivity (Wildman–Crippen MR) is 105 cm³/mol. The number of hydrogen-bond donors (Lipinski definition) is 4. The van der Waals surface area contributed by atoms with E-state index in [4.69, 9.17) is 4.74 Å². The fourth-order valence-electron chi connectivity index (χ4n) is 4.33. The molecule has 0 aliphatic carbocycles. The van der Waals surface area contributed by atoms with Crippen molar-refractivity contribution in [2.45, 2.75) is 57.6 Å². The molecule has 2 aromatic rings. The Bertz CT molecular complexity index is 860. The van der Waals surface area contributed by atoms with E-state index in [-0.39, 0.29) is 24.7 Å². The second-order valence-corrected chi connectivity index (χ2v) is 7.75. The van der Waals surface area contributed by atoms with Crippen molar-refractivity contribution < 1.29 is 25.2 Å². The minimum absolute atomic E-state index is 0.0491. The van der Waals surface area contributed by atoms with Crippen LogP contribution < -0.4 is 4.90 Å². The maximum Gasteiger partial charge on any atom is 0.163 e. The first kappa shape index (κ1) is 19.1. The summed E-state index contributed by atoms with van der Waals surface area (Å²) >= 11 is 0. The third-order valence-electron chi connectivity index (χ3n) is 5.88. The molecule has 28 heavy (non-hydrogen) atoms. The number of unbranched alkanes of at least 4 members (excludes halogenated alkanes) is 1. The summed E-state index contributed by atoms with van der Waals surface area (Å²) in [5.74, 6) is 0.0983. The molecule has 2 aliphatic heterocycles. The highest BCUT2D eigenvalue weighted by Crippen LogP contribution is 2.51. The lowest BCUT2D eigenvalue weighted by molar-refractivity contribution is -0.0314. The molecule has 6 nitrogen and oxygen atoms in total. The highest BCUT2D eigenvalue weighted by molar-refractivity contribution is 5.65. The summed E-state index contributed by atoms with van der Waals surface area (Å²) < 4.78 is 5.83. The van der Waals surface area contributed by atoms with Crippen LogP contribution in [0.15, 0.2) is 30.3 Å². The molecule has 0 bridgehead atoms. The van der Waals surface area contributed by atoms with Gasteiger partial charge in [-0.25, -0.2) is 0 Å². The summed E-state index contributed by atoms with van der Waals surface area (Å²) in [6, 6.07) is 8.88. The molecule has 1 fully saturated rings. The van der Waals surface area contributed by atoms with Gasteiger partial charge in [0.1, 0.15) is 17.1 Å². The van der Waals surface area contributed by atoms with Crippen LogP contribution in [0.25, 0.3) is 0 Å². The molecule has 4 N–H and O–H groups in total. The van der Waals surface area contributed by atoms with Crippen LogP contribution in [0.1, 0.15) is 48.4 Å². The smallest absolute Gasteiger partial charge is 0.163 e. The van der Waals surface area contributed by atoms with Crippen molar-refractivity contribution in [2.24, 2.45) is 0 Å². The number of phenols is 2. The van der Waals surface area contributed by atoms with E-state index in [1.54, 1.807) is 12.1 Å². The first-order valence-electron chi connectivity index (χ1n) is 9.86. The number of aliphatic hydroxyl groups excluding tert-OH is 1. The predicted octanol–water partition coefficient (Wildman–Crippen LogP) is 2.89. The van der Waals surface area contributed by atoms with Crippen LogP contribution in [0.3, 0.4) is 0 Å². The van der Waals surface area contributed by atoms with Crippen molar-refractivity contribution in [1.29, 1.82) is 0 Å². The van der Waals surface area contributed by atoms with E-state index < -0.39 is 11.8 Å². The van der Waals surface area contributed by atoms with Crippen LogP contribution in [-0.4, -0.2) is 33.3 Å². The molecule has 4 rings (SSSR count). The highest BCUT2D eigenvalue weighted by atomic mass is 16.5. The van der Waals surface area contributed by atoms with Gasteiger partial charge in [0, 0.05) is 17.7 Å². The van der Waals surface area contributed by atoms with Gasteiger partial charge in [0.2, 0.25) is 0 Å². The van der Waals surface area contributed by atoms with Gasteiger partial charge in [0.05, 0.1) is 25.3 Å². The minimum atomic E-state index is -1.16. The molecule has 6 heteroatoms. The van der Waals surface area contributed by atoms with Gasteiger partial charge in [0.25, 0.3) is 0 Å². The second kappa shape index (κ2) is 7.28. The summed E-state index contributed by atoms with van der Waals surface area (Å²) in [4.78, 5) is 1.88. The Hall–Kier alpha value is -2.28. The van der Waals surface area contributed by atoms with Gasteiger partial charge >= 0.3 is 0 Å². The standard InChI is InChI=1S/C22H27NO5/c1-2-3-4-14-10-19(25)16(20(26)11-14)12-23-18-6-5-15(13-24)9-17(18)22(27)7-8-28-21(22)23/h5-6,9-11,21,24-27H,2-4,7-8,12-13H2,1H3/t21?,22-/m1/s1. The van der Waals surface area contributed by atoms with Gasteiger partial charge in [-0.3, -0.25) is 0 Å². The largest absolute Gasteiger partial charge is 0.507 e. The first-order valence-corrected chi connectivity index (χ1v) is 9.86. The summed E-state index contributed by atoms with van der Waals surface area (Å²) in [5, 5.41) is 41.8. The highest BCUT2D eigenvalue weighted by Gasteiger charge is 2.54. The zero-order valence-electron chi connectivity index (χ0n) is 16.1. The Kier molecular flexibility index (Phi) is 4.95. The van der Waals surface area contributed by atoms with Crippen LogP contribution in [0.4, 0.5) is 5.69 Å². The lowest BCUT2D eigenvalue weighted by atomic mass is 9.92. The van der Waals surface area contributed by atoms with Crippen LogP contribution in [0.2, 0.25) is 0 Å². The molecule has 1 unspecified atom stereocenters. The molecule has 0 amide bonds. The van der Waals surface area contributed by atoms with Crippen molar-refractivity contribution in [2.75, 3.05) is 11.5 Å². The Labute approximate surface area is 164 Å². The molecule has 0 aromatic heterocycles. The summed E-state index contributed by atoms with van der Waals surface area (Å²) in [7, 11) is 0. The third kappa shape index (κ3) is 3.02. The summed E-state index contributed by atoms with van der Waals surface area (Å²) in [6.45, 7) is 2.64. The number of nitrogens with zero attached hydrogens (tertiary/aromatic N) is 1. The fraction of sp³-hybridized carbons (Fsp3) is 0.455. The number of fused-ring (bicyclic) bond motifs is 3. The maximum absolute atomic E-state index is 11.3. The Morgan fingerprint density at radius 2 is 1.89 bits per heavy atom. The van der Waals surface area contributed by atoms with E-state index in [1.165, 1.54) is 0 Å². The number of rotatable bonds is 6. The van der Waals surface area contributed by atoms with Gasteiger partial charge in [-0.05, 0) is 48.2 Å². The average molecular weight is 385 g/mol. The topological polar surface area (TPSA) is 93.4 Å². The van der Waals surface area contributed by atoms with Crippen LogP contribution >= 0.6 is 0 Å². The van der Waals surface area contributed by atoms with Crippen molar-refractivity contribution in [3.05, 3.63) is 52.6 Å². The van der Waals surface area contributed by atoms with Crippen LogP contribution in [0, 0.1) is 0 Å². The van der Waals surface area contributed by atoms with E-state index in [2.05, 4.69) is 6.92 Å². The molecular weight excluding hydrogens is 358 g/mol. The Balaban J connectivity index is 1.69. The fourth-order valence-corrected chi connectivity index (χ4v) is 4.33. The molecule has 150 valence electrons. The monoisotopic (exact) mass is 385 g/mol. The van der Waals surface area contributed by atoms with E-state index in [1.807, 2.05) is 23.1 Å². The van der Waals surface area contributed by atoms with E-state index in [0.29, 0.717) is 18.6 Å². The maximum atomic E-state index is 11.3. The normalized spacial score (nSPS) is 23.1. The Morgan fingerprint density at radius 3 is 2.57 bits per heavy atom. The number of hydrogen-bond acceptors (Lipinski definition) is 6.